The number of carbonyl (C=O) groups excluding carboxylic acids is 3. The fourth-order valence-electron chi connectivity index (χ4n) is 7.14. The molecular weight excluding hydrogens is 367 g/mol. The number of rotatable bonds is 2. The molecule has 0 saturated heterocycles. The number of alkyl halides is 1. The Morgan fingerprint density at radius 2 is 1.96 bits per heavy atom. The zero-order chi connectivity index (χ0) is 20.6. The maximum atomic E-state index is 14.4. The molecule has 0 aromatic rings. The number of hydrogen-bond acceptors (Lipinski definition) is 6. The molecule has 0 aromatic carbocycles. The Hall–Kier alpha value is -1.44. The van der Waals surface area contributed by atoms with E-state index in [9.17, 15) is 34.1 Å². The van der Waals surface area contributed by atoms with Gasteiger partial charge in [0, 0.05) is 11.3 Å². The zero-order valence-corrected chi connectivity index (χ0v) is 16.2. The Morgan fingerprint density at radius 3 is 2.61 bits per heavy atom. The highest BCUT2D eigenvalue weighted by Crippen LogP contribution is 2.67. The van der Waals surface area contributed by atoms with E-state index in [-0.39, 0.29) is 24.7 Å². The lowest BCUT2D eigenvalue weighted by atomic mass is 9.45. The minimum absolute atomic E-state index is 0.0854. The van der Waals surface area contributed by atoms with E-state index in [1.807, 2.05) is 0 Å². The van der Waals surface area contributed by atoms with E-state index in [2.05, 4.69) is 0 Å². The van der Waals surface area contributed by atoms with Gasteiger partial charge in [-0.15, -0.1) is 0 Å². The standard InChI is InChI=1S/C21H27FO6/c1-19-8-14(25)16-11(12(19)5-6-21(19,28)15(26)9-23)4-3-10-7-13(24)17(22)18(27)20(10,16)2/h7,11-12,14,16-17,23,25,28H,3-6,8-9H2,1-2H3/t11-,12-,14-,16+,17?,19-,20-,21-/m0/s1. The van der Waals surface area contributed by atoms with Crippen molar-refractivity contribution < 1.29 is 34.1 Å². The van der Waals surface area contributed by atoms with Crippen LogP contribution in [0.2, 0.25) is 0 Å². The van der Waals surface area contributed by atoms with Crippen LogP contribution in [0, 0.1) is 28.6 Å². The summed E-state index contributed by atoms with van der Waals surface area (Å²) in [6.07, 6.45) is -0.122. The molecule has 0 amide bonds. The van der Waals surface area contributed by atoms with E-state index in [1.165, 1.54) is 6.08 Å². The van der Waals surface area contributed by atoms with Crippen molar-refractivity contribution in [3.05, 3.63) is 11.6 Å². The topological polar surface area (TPSA) is 112 Å². The molecule has 0 aromatic heterocycles. The van der Waals surface area contributed by atoms with Crippen LogP contribution >= 0.6 is 0 Å². The molecular formula is C21H27FO6. The number of allylic oxidation sites excluding steroid dienone is 1. The molecule has 4 aliphatic carbocycles. The number of fused-ring (bicyclic) bond motifs is 5. The molecule has 4 aliphatic rings. The second kappa shape index (κ2) is 6.03. The van der Waals surface area contributed by atoms with Crippen molar-refractivity contribution in [3.63, 3.8) is 0 Å². The van der Waals surface area contributed by atoms with Gasteiger partial charge in [-0.25, -0.2) is 4.39 Å². The Labute approximate surface area is 162 Å². The fourth-order valence-corrected chi connectivity index (χ4v) is 7.14. The lowest BCUT2D eigenvalue weighted by Gasteiger charge is -2.59. The molecule has 1 unspecified atom stereocenters. The summed E-state index contributed by atoms with van der Waals surface area (Å²) in [6.45, 7) is 2.64. The SMILES string of the molecule is C[C@]12C(=O)C(F)C(=O)C=C1CC[C@@H]1[C@@H]2[C@@H](O)C[C@@]2(C)[C@H]1CC[C@]2(O)C(=O)CO. The summed E-state index contributed by atoms with van der Waals surface area (Å²) >= 11 is 0. The maximum absolute atomic E-state index is 14.4. The number of aliphatic hydroxyl groups is 3. The predicted molar refractivity (Wildman–Crippen MR) is 95.8 cm³/mol. The first kappa shape index (κ1) is 19.9. The molecule has 0 spiro atoms. The largest absolute Gasteiger partial charge is 0.393 e. The van der Waals surface area contributed by atoms with Crippen LogP contribution in [0.25, 0.3) is 0 Å². The lowest BCUT2D eigenvalue weighted by molar-refractivity contribution is -0.185. The minimum atomic E-state index is -2.20. The summed E-state index contributed by atoms with van der Waals surface area (Å²) in [7, 11) is 0. The van der Waals surface area contributed by atoms with Crippen LogP contribution in [-0.2, 0) is 14.4 Å². The van der Waals surface area contributed by atoms with Gasteiger partial charge in [0.1, 0.15) is 12.2 Å². The van der Waals surface area contributed by atoms with Crippen LogP contribution in [0.1, 0.15) is 46.0 Å². The summed E-state index contributed by atoms with van der Waals surface area (Å²) in [5, 5.41) is 31.6. The highest BCUT2D eigenvalue weighted by atomic mass is 19.1. The number of hydrogen-bond donors (Lipinski definition) is 3. The Kier molecular flexibility index (Phi) is 4.28. The van der Waals surface area contributed by atoms with Crippen LogP contribution in [-0.4, -0.2) is 57.2 Å². The van der Waals surface area contributed by atoms with E-state index in [4.69, 9.17) is 0 Å². The first-order valence-corrected chi connectivity index (χ1v) is 10.00. The molecule has 7 heteroatoms. The van der Waals surface area contributed by atoms with E-state index >= 15 is 0 Å². The van der Waals surface area contributed by atoms with E-state index in [0.29, 0.717) is 24.8 Å². The first-order chi connectivity index (χ1) is 13.0. The lowest BCUT2D eigenvalue weighted by Crippen LogP contribution is -2.64. The third-order valence-electron chi connectivity index (χ3n) is 8.60. The van der Waals surface area contributed by atoms with E-state index in [0.717, 1.165) is 0 Å². The van der Waals surface area contributed by atoms with Crippen molar-refractivity contribution >= 4 is 17.3 Å². The predicted octanol–water partition coefficient (Wildman–Crippen LogP) is 0.909. The summed E-state index contributed by atoms with van der Waals surface area (Å²) < 4.78 is 14.4. The summed E-state index contributed by atoms with van der Waals surface area (Å²) in [5.74, 6) is -3.13. The molecule has 0 radical (unpaired) electrons. The van der Waals surface area contributed by atoms with Gasteiger partial charge >= 0.3 is 0 Å². The molecule has 4 rings (SSSR count). The second-order valence-electron chi connectivity index (χ2n) is 9.51. The van der Waals surface area contributed by atoms with Crippen molar-refractivity contribution in [1.82, 2.24) is 0 Å². The van der Waals surface area contributed by atoms with E-state index < -0.39 is 58.6 Å². The number of Topliss-reactive ketones (excluding diaryl/α,β-unsaturated/α-hetero) is 2. The first-order valence-electron chi connectivity index (χ1n) is 10.00. The quantitative estimate of drug-likeness (QED) is 0.600. The minimum Gasteiger partial charge on any atom is -0.393 e. The molecule has 6 nitrogen and oxygen atoms in total. The van der Waals surface area contributed by atoms with Gasteiger partial charge < -0.3 is 15.3 Å². The monoisotopic (exact) mass is 394 g/mol. The average molecular weight is 394 g/mol. The number of carbonyl (C=O) groups is 3. The summed E-state index contributed by atoms with van der Waals surface area (Å²) in [5.41, 5.74) is -3.31. The van der Waals surface area contributed by atoms with Crippen LogP contribution < -0.4 is 0 Å². The summed E-state index contributed by atoms with van der Waals surface area (Å²) in [4.78, 5) is 37.1. The molecule has 3 saturated carbocycles. The Morgan fingerprint density at radius 1 is 1.29 bits per heavy atom. The average Bonchev–Trinajstić information content (AvgIpc) is 2.92. The molecule has 3 fully saturated rings. The number of aliphatic hydroxyl groups excluding tert-OH is 2. The Bertz CT molecular complexity index is 792. The van der Waals surface area contributed by atoms with Crippen molar-refractivity contribution in [3.8, 4) is 0 Å². The number of halogens is 1. The molecule has 8 atom stereocenters. The van der Waals surface area contributed by atoms with Crippen LogP contribution in [0.15, 0.2) is 11.6 Å². The van der Waals surface area contributed by atoms with Crippen LogP contribution in [0.5, 0.6) is 0 Å². The normalized spacial score (nSPS) is 50.5. The van der Waals surface area contributed by atoms with Gasteiger partial charge in [-0.2, -0.15) is 0 Å². The van der Waals surface area contributed by atoms with Crippen molar-refractivity contribution in [2.75, 3.05) is 6.61 Å². The molecule has 28 heavy (non-hydrogen) atoms. The van der Waals surface area contributed by atoms with Crippen molar-refractivity contribution in [2.45, 2.75) is 63.8 Å². The van der Waals surface area contributed by atoms with Crippen LogP contribution in [0.4, 0.5) is 4.39 Å². The van der Waals surface area contributed by atoms with Gasteiger partial charge in [-0.3, -0.25) is 14.4 Å². The molecule has 3 N–H and O–H groups in total. The third kappa shape index (κ3) is 2.15. The fraction of sp³-hybridized carbons (Fsp3) is 0.762. The smallest absolute Gasteiger partial charge is 0.221 e. The van der Waals surface area contributed by atoms with Gasteiger partial charge in [-0.1, -0.05) is 12.5 Å². The van der Waals surface area contributed by atoms with Crippen LogP contribution in [0.3, 0.4) is 0 Å². The third-order valence-corrected chi connectivity index (χ3v) is 8.60. The highest BCUT2D eigenvalue weighted by Gasteiger charge is 2.69. The summed E-state index contributed by atoms with van der Waals surface area (Å²) in [6, 6.07) is 0. The van der Waals surface area contributed by atoms with Crippen molar-refractivity contribution in [1.29, 1.82) is 0 Å². The van der Waals surface area contributed by atoms with E-state index in [1.54, 1.807) is 13.8 Å². The van der Waals surface area contributed by atoms with Crippen molar-refractivity contribution in [2.24, 2.45) is 28.6 Å². The molecule has 0 aliphatic heterocycles. The molecule has 0 bridgehead atoms. The van der Waals surface area contributed by atoms with Gasteiger partial charge in [-0.05, 0) is 56.9 Å². The maximum Gasteiger partial charge on any atom is 0.221 e. The Balaban J connectivity index is 1.78. The van der Waals surface area contributed by atoms with Gasteiger partial charge in [0.15, 0.2) is 17.3 Å². The zero-order valence-electron chi connectivity index (χ0n) is 16.2. The number of ketones is 3. The van der Waals surface area contributed by atoms with Gasteiger partial charge in [0.2, 0.25) is 6.17 Å². The molecule has 154 valence electrons. The van der Waals surface area contributed by atoms with Gasteiger partial charge in [0.05, 0.1) is 11.5 Å². The molecule has 0 heterocycles. The highest BCUT2D eigenvalue weighted by molar-refractivity contribution is 6.16. The van der Waals surface area contributed by atoms with Gasteiger partial charge in [0.25, 0.3) is 0 Å². The second-order valence-corrected chi connectivity index (χ2v) is 9.51.